The monoisotopic (exact) mass is 269 g/mol. The van der Waals surface area contributed by atoms with Crippen LogP contribution in [0.4, 0.5) is 11.5 Å². The molecule has 0 radical (unpaired) electrons. The number of anilines is 2. The van der Waals surface area contributed by atoms with Gasteiger partial charge < -0.3 is 10.6 Å². The van der Waals surface area contributed by atoms with Crippen molar-refractivity contribution in [2.75, 3.05) is 11.4 Å². The molecule has 1 aromatic carbocycles. The van der Waals surface area contributed by atoms with Gasteiger partial charge >= 0.3 is 0 Å². The Labute approximate surface area is 121 Å². The summed E-state index contributed by atoms with van der Waals surface area (Å²) in [5.74, 6) is 0.984. The quantitative estimate of drug-likeness (QED) is 0.921. The van der Waals surface area contributed by atoms with Gasteiger partial charge in [-0.15, -0.1) is 0 Å². The second kappa shape index (κ2) is 6.06. The van der Waals surface area contributed by atoms with Gasteiger partial charge in [0.2, 0.25) is 0 Å². The van der Waals surface area contributed by atoms with Crippen molar-refractivity contribution in [1.82, 2.24) is 4.98 Å². The summed E-state index contributed by atoms with van der Waals surface area (Å²) in [5.41, 5.74) is 11.7. The Morgan fingerprint density at radius 3 is 2.50 bits per heavy atom. The molecule has 2 aromatic rings. The van der Waals surface area contributed by atoms with Crippen molar-refractivity contribution in [1.29, 1.82) is 0 Å². The van der Waals surface area contributed by atoms with Gasteiger partial charge in [-0.3, -0.25) is 0 Å². The van der Waals surface area contributed by atoms with Crippen molar-refractivity contribution in [2.24, 2.45) is 5.73 Å². The van der Waals surface area contributed by atoms with Gasteiger partial charge in [-0.05, 0) is 57.0 Å². The molecule has 106 valence electrons. The van der Waals surface area contributed by atoms with E-state index in [1.807, 2.05) is 6.92 Å². The Balaban J connectivity index is 2.57. The molecule has 3 heteroatoms. The summed E-state index contributed by atoms with van der Waals surface area (Å²) in [7, 11) is 0. The van der Waals surface area contributed by atoms with Crippen molar-refractivity contribution in [3.8, 4) is 0 Å². The number of rotatable bonds is 4. The van der Waals surface area contributed by atoms with Gasteiger partial charge in [0, 0.05) is 30.0 Å². The SMILES string of the molecule is CCN(c1cccc(C)c1)c1nc(C)cc(C)c1CN. The summed E-state index contributed by atoms with van der Waals surface area (Å²) in [6.07, 6.45) is 0. The van der Waals surface area contributed by atoms with Crippen molar-refractivity contribution < 1.29 is 0 Å². The Bertz CT molecular complexity index is 605. The van der Waals surface area contributed by atoms with Crippen LogP contribution >= 0.6 is 0 Å². The molecule has 0 spiro atoms. The maximum atomic E-state index is 5.94. The van der Waals surface area contributed by atoms with Gasteiger partial charge in [0.25, 0.3) is 0 Å². The molecule has 20 heavy (non-hydrogen) atoms. The highest BCUT2D eigenvalue weighted by atomic mass is 15.2. The number of aromatic nitrogens is 1. The molecule has 1 aromatic heterocycles. The van der Waals surface area contributed by atoms with E-state index in [4.69, 9.17) is 10.7 Å². The summed E-state index contributed by atoms with van der Waals surface area (Å²) in [4.78, 5) is 6.96. The fraction of sp³-hybridized carbons (Fsp3) is 0.353. The molecule has 0 aliphatic heterocycles. The largest absolute Gasteiger partial charge is 0.326 e. The Morgan fingerprint density at radius 2 is 1.90 bits per heavy atom. The lowest BCUT2D eigenvalue weighted by Gasteiger charge is -2.26. The molecule has 0 unspecified atom stereocenters. The smallest absolute Gasteiger partial charge is 0.138 e. The number of nitrogens with zero attached hydrogens (tertiary/aromatic N) is 2. The summed E-state index contributed by atoms with van der Waals surface area (Å²) in [6.45, 7) is 9.76. The van der Waals surface area contributed by atoms with Crippen LogP contribution in [0.1, 0.15) is 29.3 Å². The van der Waals surface area contributed by atoms with Crippen LogP contribution in [0.2, 0.25) is 0 Å². The fourth-order valence-electron chi connectivity index (χ4n) is 2.57. The van der Waals surface area contributed by atoms with Crippen LogP contribution in [-0.2, 0) is 6.54 Å². The number of nitrogens with two attached hydrogens (primary N) is 1. The molecule has 0 atom stereocenters. The van der Waals surface area contributed by atoms with Gasteiger partial charge in [0.15, 0.2) is 0 Å². The predicted molar refractivity (Wildman–Crippen MR) is 85.5 cm³/mol. The van der Waals surface area contributed by atoms with E-state index in [-0.39, 0.29) is 0 Å². The molecule has 0 aliphatic rings. The molecular weight excluding hydrogens is 246 g/mol. The molecule has 1 heterocycles. The van der Waals surface area contributed by atoms with E-state index < -0.39 is 0 Å². The maximum Gasteiger partial charge on any atom is 0.138 e. The third-order valence-electron chi connectivity index (χ3n) is 3.54. The molecule has 0 saturated heterocycles. The average Bonchev–Trinajstić information content (AvgIpc) is 2.39. The average molecular weight is 269 g/mol. The van der Waals surface area contributed by atoms with Gasteiger partial charge in [-0.25, -0.2) is 4.98 Å². The van der Waals surface area contributed by atoms with E-state index in [0.29, 0.717) is 6.54 Å². The third kappa shape index (κ3) is 2.83. The first-order chi connectivity index (χ1) is 9.56. The number of pyridine rings is 1. The van der Waals surface area contributed by atoms with Crippen LogP contribution in [0.3, 0.4) is 0 Å². The van der Waals surface area contributed by atoms with Crippen LogP contribution in [0.25, 0.3) is 0 Å². The number of aryl methyl sites for hydroxylation is 3. The maximum absolute atomic E-state index is 5.94. The molecular formula is C17H23N3. The standard InChI is InChI=1S/C17H23N3/c1-5-20(15-8-6-7-12(2)9-15)17-16(11-18)13(3)10-14(4)19-17/h6-10H,5,11,18H2,1-4H3. The number of hydrogen-bond acceptors (Lipinski definition) is 3. The zero-order valence-corrected chi connectivity index (χ0v) is 12.8. The summed E-state index contributed by atoms with van der Waals surface area (Å²) < 4.78 is 0. The summed E-state index contributed by atoms with van der Waals surface area (Å²) in [5, 5.41) is 0. The summed E-state index contributed by atoms with van der Waals surface area (Å²) >= 11 is 0. The molecule has 2 rings (SSSR count). The highest BCUT2D eigenvalue weighted by molar-refractivity contribution is 5.65. The minimum absolute atomic E-state index is 0.511. The summed E-state index contributed by atoms with van der Waals surface area (Å²) in [6, 6.07) is 10.6. The van der Waals surface area contributed by atoms with Crippen LogP contribution < -0.4 is 10.6 Å². The number of benzene rings is 1. The second-order valence-electron chi connectivity index (χ2n) is 5.17. The Hall–Kier alpha value is -1.87. The van der Waals surface area contributed by atoms with Crippen LogP contribution in [0, 0.1) is 20.8 Å². The van der Waals surface area contributed by atoms with Crippen LogP contribution in [0.15, 0.2) is 30.3 Å². The van der Waals surface area contributed by atoms with Crippen molar-refractivity contribution in [3.05, 3.63) is 52.7 Å². The van der Waals surface area contributed by atoms with Crippen LogP contribution in [0.5, 0.6) is 0 Å². The van der Waals surface area contributed by atoms with Crippen LogP contribution in [-0.4, -0.2) is 11.5 Å². The predicted octanol–water partition coefficient (Wildman–Crippen LogP) is 3.62. The van der Waals surface area contributed by atoms with E-state index in [0.717, 1.165) is 23.6 Å². The van der Waals surface area contributed by atoms with Gasteiger partial charge in [-0.2, -0.15) is 0 Å². The zero-order chi connectivity index (χ0) is 14.7. The molecule has 0 aliphatic carbocycles. The molecule has 3 nitrogen and oxygen atoms in total. The third-order valence-corrected chi connectivity index (χ3v) is 3.54. The number of hydrogen-bond donors (Lipinski definition) is 1. The minimum Gasteiger partial charge on any atom is -0.326 e. The van der Waals surface area contributed by atoms with E-state index in [1.54, 1.807) is 0 Å². The first-order valence-corrected chi connectivity index (χ1v) is 7.08. The molecule has 0 amide bonds. The Morgan fingerprint density at radius 1 is 1.15 bits per heavy atom. The first-order valence-electron chi connectivity index (χ1n) is 7.08. The van der Waals surface area contributed by atoms with Gasteiger partial charge in [-0.1, -0.05) is 12.1 Å². The fourth-order valence-corrected chi connectivity index (χ4v) is 2.57. The topological polar surface area (TPSA) is 42.2 Å². The van der Waals surface area contributed by atoms with E-state index >= 15 is 0 Å². The van der Waals surface area contributed by atoms with Gasteiger partial charge in [0.05, 0.1) is 0 Å². The zero-order valence-electron chi connectivity index (χ0n) is 12.8. The second-order valence-corrected chi connectivity index (χ2v) is 5.17. The lowest BCUT2D eigenvalue weighted by atomic mass is 10.1. The van der Waals surface area contributed by atoms with Gasteiger partial charge in [0.1, 0.15) is 5.82 Å². The molecule has 0 fully saturated rings. The minimum atomic E-state index is 0.511. The molecule has 0 bridgehead atoms. The van der Waals surface area contributed by atoms with Crippen molar-refractivity contribution in [2.45, 2.75) is 34.2 Å². The van der Waals surface area contributed by atoms with E-state index in [1.165, 1.54) is 16.8 Å². The molecule has 0 saturated carbocycles. The normalized spacial score (nSPS) is 10.7. The lowest BCUT2D eigenvalue weighted by molar-refractivity contribution is 0.927. The van der Waals surface area contributed by atoms with E-state index in [9.17, 15) is 0 Å². The Kier molecular flexibility index (Phi) is 4.40. The van der Waals surface area contributed by atoms with E-state index in [2.05, 4.69) is 56.0 Å². The first kappa shape index (κ1) is 14.5. The lowest BCUT2D eigenvalue weighted by Crippen LogP contribution is -2.21. The molecule has 2 N–H and O–H groups in total. The van der Waals surface area contributed by atoms with Crippen molar-refractivity contribution >= 4 is 11.5 Å². The highest BCUT2D eigenvalue weighted by Crippen LogP contribution is 2.29. The highest BCUT2D eigenvalue weighted by Gasteiger charge is 2.15. The van der Waals surface area contributed by atoms with Crippen molar-refractivity contribution in [3.63, 3.8) is 0 Å².